The summed E-state index contributed by atoms with van der Waals surface area (Å²) in [5.74, 6) is -0.0537. The highest BCUT2D eigenvalue weighted by atomic mass is 16.5. The summed E-state index contributed by atoms with van der Waals surface area (Å²) in [6.45, 7) is 0. The van der Waals surface area contributed by atoms with Crippen LogP contribution in [0.5, 0.6) is 11.5 Å². The minimum Gasteiger partial charge on any atom is -0.506 e. The van der Waals surface area contributed by atoms with Crippen molar-refractivity contribution in [2.75, 3.05) is 7.11 Å². The second kappa shape index (κ2) is 3.59. The van der Waals surface area contributed by atoms with E-state index in [1.807, 2.05) is 0 Å². The smallest absolute Gasteiger partial charge is 0.358 e. The summed E-state index contributed by atoms with van der Waals surface area (Å²) in [6.07, 6.45) is 0. The molecule has 1 aromatic carbocycles. The first-order valence-electron chi connectivity index (χ1n) is 4.42. The summed E-state index contributed by atoms with van der Waals surface area (Å²) in [6, 6.07) is 6.36. The fourth-order valence-corrected chi connectivity index (χ4v) is 1.44. The van der Waals surface area contributed by atoms with Gasteiger partial charge in [-0.05, 0) is 12.1 Å². The number of hydrogen-bond donors (Lipinski definition) is 1. The van der Waals surface area contributed by atoms with Gasteiger partial charge < -0.3 is 14.3 Å². The molecule has 0 unspecified atom stereocenters. The Hall–Kier alpha value is -2.48. The number of rotatable bonds is 1. The summed E-state index contributed by atoms with van der Waals surface area (Å²) >= 11 is 0. The van der Waals surface area contributed by atoms with E-state index in [-0.39, 0.29) is 16.7 Å². The molecule has 0 saturated carbocycles. The zero-order chi connectivity index (χ0) is 11.7. The van der Waals surface area contributed by atoms with E-state index in [1.54, 1.807) is 18.2 Å². The largest absolute Gasteiger partial charge is 0.506 e. The van der Waals surface area contributed by atoms with Gasteiger partial charge >= 0.3 is 5.63 Å². The van der Waals surface area contributed by atoms with Crippen molar-refractivity contribution in [3.05, 3.63) is 34.2 Å². The molecular formula is C11H7NO4. The molecule has 0 saturated heterocycles. The molecule has 0 aliphatic heterocycles. The van der Waals surface area contributed by atoms with Crippen LogP contribution in [0, 0.1) is 11.3 Å². The molecule has 2 rings (SSSR count). The van der Waals surface area contributed by atoms with Crippen molar-refractivity contribution in [2.24, 2.45) is 0 Å². The maximum absolute atomic E-state index is 11.3. The highest BCUT2D eigenvalue weighted by molar-refractivity contribution is 5.89. The van der Waals surface area contributed by atoms with Crippen molar-refractivity contribution in [2.45, 2.75) is 0 Å². The molecule has 5 heteroatoms. The van der Waals surface area contributed by atoms with Crippen molar-refractivity contribution in [1.29, 1.82) is 5.26 Å². The van der Waals surface area contributed by atoms with E-state index < -0.39 is 11.2 Å². The van der Waals surface area contributed by atoms with Crippen LogP contribution in [0.1, 0.15) is 5.56 Å². The number of methoxy groups -OCH3 is 1. The lowest BCUT2D eigenvalue weighted by molar-refractivity contribution is 0.404. The Morgan fingerprint density at radius 3 is 2.88 bits per heavy atom. The van der Waals surface area contributed by atoms with Gasteiger partial charge in [-0.15, -0.1) is 0 Å². The van der Waals surface area contributed by atoms with Crippen LogP contribution < -0.4 is 10.4 Å². The van der Waals surface area contributed by atoms with Crippen LogP contribution in [-0.4, -0.2) is 12.2 Å². The van der Waals surface area contributed by atoms with E-state index in [0.717, 1.165) is 0 Å². The summed E-state index contributed by atoms with van der Waals surface area (Å²) in [5.41, 5.74) is -1.15. The van der Waals surface area contributed by atoms with Crippen molar-refractivity contribution < 1.29 is 14.3 Å². The highest BCUT2D eigenvalue weighted by Crippen LogP contribution is 2.31. The lowest BCUT2D eigenvalue weighted by Gasteiger charge is -2.05. The van der Waals surface area contributed by atoms with E-state index in [2.05, 4.69) is 0 Å². The van der Waals surface area contributed by atoms with Gasteiger partial charge in [0.25, 0.3) is 0 Å². The standard InChI is InChI=1S/C11H7NO4/c1-15-8-4-2-3-6-9(13)7(5-12)11(14)16-10(6)8/h2-4,13H,1H3. The van der Waals surface area contributed by atoms with Gasteiger partial charge in [0.15, 0.2) is 22.6 Å². The van der Waals surface area contributed by atoms with Crippen LogP contribution in [0.2, 0.25) is 0 Å². The van der Waals surface area contributed by atoms with Crippen LogP contribution in [0.25, 0.3) is 11.0 Å². The van der Waals surface area contributed by atoms with Crippen LogP contribution in [0.4, 0.5) is 0 Å². The molecule has 1 N–H and O–H groups in total. The Bertz CT molecular complexity index is 651. The summed E-state index contributed by atoms with van der Waals surface area (Å²) in [4.78, 5) is 11.3. The molecule has 0 bridgehead atoms. The molecule has 0 atom stereocenters. The van der Waals surface area contributed by atoms with E-state index in [9.17, 15) is 9.90 Å². The van der Waals surface area contributed by atoms with Gasteiger partial charge in [-0.25, -0.2) is 4.79 Å². The molecule has 0 aliphatic carbocycles. The van der Waals surface area contributed by atoms with Gasteiger partial charge in [0.2, 0.25) is 0 Å². The van der Waals surface area contributed by atoms with Gasteiger partial charge in [0.1, 0.15) is 6.07 Å². The number of ether oxygens (including phenoxy) is 1. The number of nitrogens with zero attached hydrogens (tertiary/aromatic N) is 1. The molecule has 0 amide bonds. The van der Waals surface area contributed by atoms with E-state index in [1.165, 1.54) is 13.2 Å². The first-order valence-corrected chi connectivity index (χ1v) is 4.42. The molecule has 2 aromatic rings. The van der Waals surface area contributed by atoms with Gasteiger partial charge in [-0.3, -0.25) is 0 Å². The van der Waals surface area contributed by atoms with Crippen molar-refractivity contribution in [3.63, 3.8) is 0 Å². The Kier molecular flexibility index (Phi) is 2.25. The summed E-state index contributed by atoms with van der Waals surface area (Å²) in [5, 5.41) is 18.7. The Morgan fingerprint density at radius 2 is 2.25 bits per heavy atom. The van der Waals surface area contributed by atoms with E-state index >= 15 is 0 Å². The number of nitriles is 1. The Balaban J connectivity index is 2.99. The van der Waals surface area contributed by atoms with Gasteiger partial charge in [-0.1, -0.05) is 6.07 Å². The normalized spacial score (nSPS) is 10.0. The first-order chi connectivity index (χ1) is 7.69. The van der Waals surface area contributed by atoms with Crippen molar-refractivity contribution in [3.8, 4) is 17.6 Å². The Morgan fingerprint density at radius 1 is 1.50 bits per heavy atom. The topological polar surface area (TPSA) is 83.5 Å². The third-order valence-electron chi connectivity index (χ3n) is 2.20. The maximum atomic E-state index is 11.3. The second-order valence-corrected chi connectivity index (χ2v) is 3.06. The number of aromatic hydroxyl groups is 1. The van der Waals surface area contributed by atoms with Gasteiger partial charge in [0, 0.05) is 0 Å². The number of fused-ring (bicyclic) bond motifs is 1. The molecule has 0 fully saturated rings. The minimum absolute atomic E-state index is 0.131. The molecule has 0 radical (unpaired) electrons. The quantitative estimate of drug-likeness (QED) is 0.729. The zero-order valence-electron chi connectivity index (χ0n) is 8.35. The predicted octanol–water partition coefficient (Wildman–Crippen LogP) is 1.38. The van der Waals surface area contributed by atoms with Crippen molar-refractivity contribution >= 4 is 11.0 Å². The van der Waals surface area contributed by atoms with Crippen LogP contribution in [0.3, 0.4) is 0 Å². The Labute approximate surface area is 90.1 Å². The van der Waals surface area contributed by atoms with Crippen molar-refractivity contribution in [1.82, 2.24) is 0 Å². The number of hydrogen-bond acceptors (Lipinski definition) is 5. The molecule has 1 heterocycles. The summed E-state index contributed by atoms with van der Waals surface area (Å²) in [7, 11) is 1.42. The highest BCUT2D eigenvalue weighted by Gasteiger charge is 2.15. The average molecular weight is 217 g/mol. The van der Waals surface area contributed by atoms with Crippen LogP contribution in [-0.2, 0) is 0 Å². The van der Waals surface area contributed by atoms with E-state index in [0.29, 0.717) is 5.75 Å². The minimum atomic E-state index is -0.878. The second-order valence-electron chi connectivity index (χ2n) is 3.06. The average Bonchev–Trinajstić information content (AvgIpc) is 2.29. The summed E-state index contributed by atoms with van der Waals surface area (Å²) < 4.78 is 9.91. The molecule has 5 nitrogen and oxygen atoms in total. The van der Waals surface area contributed by atoms with Crippen LogP contribution in [0.15, 0.2) is 27.4 Å². The molecule has 16 heavy (non-hydrogen) atoms. The lowest BCUT2D eigenvalue weighted by Crippen LogP contribution is -2.04. The number of benzene rings is 1. The molecule has 80 valence electrons. The number of para-hydroxylation sites is 1. The third kappa shape index (κ3) is 1.28. The molecule has 1 aromatic heterocycles. The van der Waals surface area contributed by atoms with Gasteiger partial charge in [-0.2, -0.15) is 5.26 Å². The third-order valence-corrected chi connectivity index (χ3v) is 2.20. The fourth-order valence-electron chi connectivity index (χ4n) is 1.44. The first kappa shape index (κ1) is 10.1. The lowest BCUT2D eigenvalue weighted by atomic mass is 10.1. The fraction of sp³-hybridized carbons (Fsp3) is 0.0909. The maximum Gasteiger partial charge on any atom is 0.358 e. The monoisotopic (exact) mass is 217 g/mol. The molecule has 0 aliphatic rings. The van der Waals surface area contributed by atoms with Gasteiger partial charge in [0.05, 0.1) is 12.5 Å². The van der Waals surface area contributed by atoms with Crippen LogP contribution >= 0.6 is 0 Å². The van der Waals surface area contributed by atoms with E-state index in [4.69, 9.17) is 14.4 Å². The molecule has 0 spiro atoms. The predicted molar refractivity (Wildman–Crippen MR) is 55.4 cm³/mol. The molecular weight excluding hydrogens is 210 g/mol. The SMILES string of the molecule is COc1cccc2c(O)c(C#N)c(=O)oc12. The zero-order valence-corrected chi connectivity index (χ0v) is 8.35.